The molecule has 0 aliphatic carbocycles. The molecule has 3 nitrogen and oxygen atoms in total. The minimum Gasteiger partial charge on any atom is -0.466 e. The summed E-state index contributed by atoms with van der Waals surface area (Å²) in [6.45, 7) is 1.40. The molecular weight excluding hydrogens is 309 g/mol. The van der Waals surface area contributed by atoms with E-state index in [-0.39, 0.29) is 6.61 Å². The summed E-state index contributed by atoms with van der Waals surface area (Å²) in [5.74, 6) is -1.01. The van der Waals surface area contributed by atoms with Gasteiger partial charge < -0.3 is 4.74 Å². The van der Waals surface area contributed by atoms with Gasteiger partial charge in [-0.05, 0) is 13.0 Å². The molecule has 0 saturated carbocycles. The van der Waals surface area contributed by atoms with Crippen molar-refractivity contribution in [3.8, 4) is 0 Å². The second-order valence-corrected chi connectivity index (χ2v) is 4.02. The average molecular weight is 318 g/mol. The summed E-state index contributed by atoms with van der Waals surface area (Å²) in [5.41, 5.74) is -3.83. The van der Waals surface area contributed by atoms with E-state index in [1.807, 2.05) is 0 Å². The highest BCUT2D eigenvalue weighted by molar-refractivity contribution is 6.29. The third-order valence-corrected chi connectivity index (χ3v) is 2.42. The first-order valence-electron chi connectivity index (χ1n) is 5.37. The normalized spacial score (nSPS) is 11.8. The SMILES string of the molecule is CCOC(=O)Cc1nc(Cl)cc(C(F)F)c1C(F)(F)F. The number of nitrogens with zero attached hydrogens (tertiary/aromatic N) is 1. The third-order valence-electron chi connectivity index (χ3n) is 2.23. The lowest BCUT2D eigenvalue weighted by Gasteiger charge is -2.16. The van der Waals surface area contributed by atoms with Gasteiger partial charge in [0.05, 0.1) is 24.3 Å². The Morgan fingerprint density at radius 3 is 2.50 bits per heavy atom. The van der Waals surface area contributed by atoms with Crippen molar-refractivity contribution in [1.82, 2.24) is 4.98 Å². The molecule has 0 saturated heterocycles. The lowest BCUT2D eigenvalue weighted by molar-refractivity contribution is -0.144. The van der Waals surface area contributed by atoms with Crippen LogP contribution in [0.15, 0.2) is 6.07 Å². The molecule has 0 aromatic carbocycles. The van der Waals surface area contributed by atoms with Gasteiger partial charge in [0.15, 0.2) is 0 Å². The first-order valence-corrected chi connectivity index (χ1v) is 5.74. The van der Waals surface area contributed by atoms with Crippen LogP contribution in [-0.4, -0.2) is 17.6 Å². The van der Waals surface area contributed by atoms with E-state index in [0.717, 1.165) is 0 Å². The Morgan fingerprint density at radius 1 is 1.45 bits per heavy atom. The van der Waals surface area contributed by atoms with E-state index in [1.165, 1.54) is 6.92 Å². The fourth-order valence-corrected chi connectivity index (χ4v) is 1.78. The quantitative estimate of drug-likeness (QED) is 0.482. The average Bonchev–Trinajstić information content (AvgIpc) is 2.26. The van der Waals surface area contributed by atoms with Crippen molar-refractivity contribution in [2.75, 3.05) is 6.61 Å². The standard InChI is InChI=1S/C11H9ClF5NO2/c1-2-20-8(19)4-6-9(11(15,16)17)5(10(13)14)3-7(12)18-6/h3,10H,2,4H2,1H3. The number of carbonyl (C=O) groups excluding carboxylic acids is 1. The number of halogens is 6. The number of alkyl halides is 5. The molecule has 0 bridgehead atoms. The number of aromatic nitrogens is 1. The Morgan fingerprint density at radius 2 is 2.05 bits per heavy atom. The zero-order chi connectivity index (χ0) is 15.5. The van der Waals surface area contributed by atoms with E-state index >= 15 is 0 Å². The van der Waals surface area contributed by atoms with Gasteiger partial charge >= 0.3 is 12.1 Å². The van der Waals surface area contributed by atoms with Crippen LogP contribution in [0, 0.1) is 0 Å². The van der Waals surface area contributed by atoms with Gasteiger partial charge in [-0.15, -0.1) is 0 Å². The van der Waals surface area contributed by atoms with Gasteiger partial charge in [-0.3, -0.25) is 4.79 Å². The first-order chi connectivity index (χ1) is 9.16. The number of esters is 1. The highest BCUT2D eigenvalue weighted by Crippen LogP contribution is 2.39. The van der Waals surface area contributed by atoms with Crippen molar-refractivity contribution in [1.29, 1.82) is 0 Å². The van der Waals surface area contributed by atoms with Crippen molar-refractivity contribution < 1.29 is 31.5 Å². The Labute approximate surface area is 115 Å². The second-order valence-electron chi connectivity index (χ2n) is 3.64. The van der Waals surface area contributed by atoms with Crippen LogP contribution in [0.25, 0.3) is 0 Å². The van der Waals surface area contributed by atoms with Crippen molar-refractivity contribution in [3.63, 3.8) is 0 Å². The van der Waals surface area contributed by atoms with Crippen LogP contribution in [0.1, 0.15) is 30.2 Å². The molecule has 0 fully saturated rings. The van der Waals surface area contributed by atoms with E-state index in [9.17, 15) is 26.7 Å². The summed E-state index contributed by atoms with van der Waals surface area (Å²) in [6, 6.07) is 0.434. The molecule has 0 N–H and O–H groups in total. The van der Waals surface area contributed by atoms with Crippen molar-refractivity contribution in [3.05, 3.63) is 28.0 Å². The number of rotatable bonds is 4. The van der Waals surface area contributed by atoms with Crippen LogP contribution in [0.3, 0.4) is 0 Å². The Kier molecular flexibility index (Phi) is 5.27. The van der Waals surface area contributed by atoms with Gasteiger partial charge in [-0.2, -0.15) is 13.2 Å². The lowest BCUT2D eigenvalue weighted by Crippen LogP contribution is -2.18. The summed E-state index contributed by atoms with van der Waals surface area (Å²) in [6.07, 6.45) is -9.36. The third kappa shape index (κ3) is 4.03. The highest BCUT2D eigenvalue weighted by Gasteiger charge is 2.40. The van der Waals surface area contributed by atoms with E-state index in [0.29, 0.717) is 6.07 Å². The number of ether oxygens (including phenoxy) is 1. The van der Waals surface area contributed by atoms with Gasteiger partial charge in [-0.1, -0.05) is 11.6 Å². The van der Waals surface area contributed by atoms with Crippen molar-refractivity contribution in [2.24, 2.45) is 0 Å². The Bertz CT molecular complexity index is 504. The largest absolute Gasteiger partial charge is 0.466 e. The first kappa shape index (κ1) is 16.6. The maximum Gasteiger partial charge on any atom is 0.418 e. The Balaban J connectivity index is 3.37. The molecule has 0 unspecified atom stereocenters. The topological polar surface area (TPSA) is 39.2 Å². The summed E-state index contributed by atoms with van der Waals surface area (Å²) in [4.78, 5) is 14.5. The maximum atomic E-state index is 12.9. The molecule has 112 valence electrons. The van der Waals surface area contributed by atoms with Gasteiger partial charge in [0.25, 0.3) is 6.43 Å². The number of hydrogen-bond acceptors (Lipinski definition) is 3. The van der Waals surface area contributed by atoms with Gasteiger partial charge in [-0.25, -0.2) is 13.8 Å². The summed E-state index contributed by atoms with van der Waals surface area (Å²) in [5, 5.41) is -0.549. The van der Waals surface area contributed by atoms with Gasteiger partial charge in [0.1, 0.15) is 5.15 Å². The molecule has 1 aromatic rings. The van der Waals surface area contributed by atoms with Gasteiger partial charge in [0.2, 0.25) is 0 Å². The van der Waals surface area contributed by atoms with E-state index in [2.05, 4.69) is 9.72 Å². The second kappa shape index (κ2) is 6.34. The molecular formula is C11H9ClF5NO2. The molecule has 20 heavy (non-hydrogen) atoms. The number of hydrogen-bond donors (Lipinski definition) is 0. The minimum atomic E-state index is -5.08. The highest BCUT2D eigenvalue weighted by atomic mass is 35.5. The fraction of sp³-hybridized carbons (Fsp3) is 0.455. The lowest BCUT2D eigenvalue weighted by atomic mass is 10.0. The summed E-state index contributed by atoms with van der Waals surface area (Å²) >= 11 is 5.41. The minimum absolute atomic E-state index is 0.0531. The van der Waals surface area contributed by atoms with Crippen molar-refractivity contribution >= 4 is 17.6 Å². The molecule has 9 heteroatoms. The molecule has 1 heterocycles. The zero-order valence-electron chi connectivity index (χ0n) is 10.1. The number of pyridine rings is 1. The van der Waals surface area contributed by atoms with Crippen LogP contribution in [0.4, 0.5) is 22.0 Å². The van der Waals surface area contributed by atoms with Crippen LogP contribution in [-0.2, 0) is 22.1 Å². The fourth-order valence-electron chi connectivity index (χ4n) is 1.56. The van der Waals surface area contributed by atoms with E-state index in [1.54, 1.807) is 0 Å². The molecule has 0 spiro atoms. The predicted molar refractivity (Wildman–Crippen MR) is 59.5 cm³/mol. The smallest absolute Gasteiger partial charge is 0.418 e. The zero-order valence-corrected chi connectivity index (χ0v) is 10.9. The molecule has 0 atom stereocenters. The maximum absolute atomic E-state index is 12.9. The molecule has 0 aliphatic heterocycles. The molecule has 1 rings (SSSR count). The molecule has 0 radical (unpaired) electrons. The van der Waals surface area contributed by atoms with Crippen LogP contribution in [0.5, 0.6) is 0 Å². The van der Waals surface area contributed by atoms with Crippen LogP contribution >= 0.6 is 11.6 Å². The summed E-state index contributed by atoms with van der Waals surface area (Å²) < 4.78 is 68.5. The monoisotopic (exact) mass is 317 g/mol. The van der Waals surface area contributed by atoms with Crippen molar-refractivity contribution in [2.45, 2.75) is 25.9 Å². The molecule has 0 aliphatic rings. The predicted octanol–water partition coefficient (Wildman–Crippen LogP) is 3.80. The van der Waals surface area contributed by atoms with Crippen LogP contribution in [0.2, 0.25) is 5.15 Å². The molecule has 0 amide bonds. The molecule has 1 aromatic heterocycles. The Hall–Kier alpha value is -1.44. The van der Waals surface area contributed by atoms with Gasteiger partial charge in [0, 0.05) is 5.56 Å². The summed E-state index contributed by atoms with van der Waals surface area (Å²) in [7, 11) is 0. The van der Waals surface area contributed by atoms with E-state index in [4.69, 9.17) is 11.6 Å². The van der Waals surface area contributed by atoms with Crippen LogP contribution < -0.4 is 0 Å². The number of carbonyl (C=O) groups is 1. The van der Waals surface area contributed by atoms with E-state index < -0.39 is 47.0 Å².